The molecule has 0 amide bonds. The molecule has 3 rings (SSSR count). The lowest BCUT2D eigenvalue weighted by Crippen LogP contribution is -2.01. The number of hydrogen-bond acceptors (Lipinski definition) is 4. The Bertz CT molecular complexity index is 772. The molecule has 0 spiro atoms. The molecule has 3 nitrogen and oxygen atoms in total. The number of hydrogen-bond donors (Lipinski definition) is 2. The Morgan fingerprint density at radius 1 is 1.25 bits per heavy atom. The molecule has 3 N–H and O–H groups in total. The highest BCUT2D eigenvalue weighted by molar-refractivity contribution is 9.10. The van der Waals surface area contributed by atoms with E-state index in [4.69, 9.17) is 5.73 Å². The molecule has 1 aromatic heterocycles. The lowest BCUT2D eigenvalue weighted by molar-refractivity contribution is 0.612. The first kappa shape index (κ1) is 13.3. The zero-order valence-electron chi connectivity index (χ0n) is 10.4. The van der Waals surface area contributed by atoms with Crippen LogP contribution in [0.2, 0.25) is 0 Å². The second-order valence-electron chi connectivity index (χ2n) is 4.34. The third-order valence-corrected chi connectivity index (χ3v) is 4.32. The molecule has 0 atom stereocenters. The van der Waals surface area contributed by atoms with E-state index in [0.29, 0.717) is 17.8 Å². The van der Waals surface area contributed by atoms with Crippen LogP contribution < -0.4 is 11.1 Å². The lowest BCUT2D eigenvalue weighted by atomic mass is 10.2. The molecule has 0 unspecified atom stereocenters. The molecule has 0 aliphatic heterocycles. The Morgan fingerprint density at radius 2 is 2.10 bits per heavy atom. The van der Waals surface area contributed by atoms with Gasteiger partial charge < -0.3 is 11.1 Å². The van der Waals surface area contributed by atoms with Gasteiger partial charge in [-0.3, -0.25) is 0 Å². The largest absolute Gasteiger partial charge is 0.399 e. The van der Waals surface area contributed by atoms with E-state index in [0.717, 1.165) is 19.8 Å². The van der Waals surface area contributed by atoms with Gasteiger partial charge in [0.15, 0.2) is 5.13 Å². The zero-order valence-corrected chi connectivity index (χ0v) is 12.8. The Kier molecular flexibility index (Phi) is 3.58. The predicted octanol–water partition coefficient (Wildman–Crippen LogP) is 4.39. The third kappa shape index (κ3) is 2.76. The maximum Gasteiger partial charge on any atom is 0.184 e. The summed E-state index contributed by atoms with van der Waals surface area (Å²) >= 11 is 4.84. The van der Waals surface area contributed by atoms with Crippen molar-refractivity contribution in [2.24, 2.45) is 0 Å². The van der Waals surface area contributed by atoms with Gasteiger partial charge in [0, 0.05) is 22.3 Å². The number of halogens is 2. The molecule has 2 aromatic carbocycles. The number of nitrogens with two attached hydrogens (primary N) is 1. The van der Waals surface area contributed by atoms with Crippen molar-refractivity contribution in [3.05, 3.63) is 52.3 Å². The minimum atomic E-state index is -0.231. The van der Waals surface area contributed by atoms with Crippen molar-refractivity contribution in [1.29, 1.82) is 0 Å². The van der Waals surface area contributed by atoms with Crippen LogP contribution in [0.25, 0.3) is 10.2 Å². The normalized spacial score (nSPS) is 10.9. The van der Waals surface area contributed by atoms with E-state index in [9.17, 15) is 4.39 Å². The van der Waals surface area contributed by atoms with E-state index in [1.165, 1.54) is 17.4 Å². The summed E-state index contributed by atoms with van der Waals surface area (Å²) in [6.07, 6.45) is 0. The summed E-state index contributed by atoms with van der Waals surface area (Å²) in [7, 11) is 0. The van der Waals surface area contributed by atoms with Crippen molar-refractivity contribution >= 4 is 48.3 Å². The van der Waals surface area contributed by atoms with Gasteiger partial charge in [-0.05, 0) is 36.4 Å². The van der Waals surface area contributed by atoms with Crippen molar-refractivity contribution in [3.8, 4) is 0 Å². The summed E-state index contributed by atoms with van der Waals surface area (Å²) in [6, 6.07) is 10.5. The number of thiazole rings is 1. The standard InChI is InChI=1S/C14H11BrFN3S/c15-9-1-3-11(16)8(5-9)7-18-14-19-12-4-2-10(17)6-13(12)20-14/h1-6H,7,17H2,(H,18,19). The van der Waals surface area contributed by atoms with Crippen LogP contribution in [-0.2, 0) is 6.54 Å². The minimum absolute atomic E-state index is 0.231. The van der Waals surface area contributed by atoms with Crippen LogP contribution in [0.15, 0.2) is 40.9 Å². The molecule has 0 saturated heterocycles. The average Bonchev–Trinajstić information content (AvgIpc) is 2.81. The molecule has 0 aliphatic carbocycles. The van der Waals surface area contributed by atoms with Gasteiger partial charge in [-0.25, -0.2) is 9.37 Å². The monoisotopic (exact) mass is 351 g/mol. The maximum atomic E-state index is 13.6. The number of rotatable bonds is 3. The lowest BCUT2D eigenvalue weighted by Gasteiger charge is -2.04. The Morgan fingerprint density at radius 3 is 2.95 bits per heavy atom. The predicted molar refractivity (Wildman–Crippen MR) is 85.5 cm³/mol. The van der Waals surface area contributed by atoms with Crippen LogP contribution in [-0.4, -0.2) is 4.98 Å². The summed E-state index contributed by atoms with van der Waals surface area (Å²) in [5.41, 5.74) is 7.94. The SMILES string of the molecule is Nc1ccc2nc(NCc3cc(Br)ccc3F)sc2c1. The van der Waals surface area contributed by atoms with Gasteiger partial charge in [0.1, 0.15) is 5.82 Å². The van der Waals surface area contributed by atoms with Gasteiger partial charge in [0.05, 0.1) is 10.2 Å². The Balaban J connectivity index is 1.81. The first-order valence-corrected chi connectivity index (χ1v) is 7.56. The van der Waals surface area contributed by atoms with Gasteiger partial charge in [-0.15, -0.1) is 0 Å². The zero-order chi connectivity index (χ0) is 14.1. The van der Waals surface area contributed by atoms with Crippen LogP contribution in [0.4, 0.5) is 15.2 Å². The molecule has 0 saturated carbocycles. The number of nitrogens with one attached hydrogen (secondary N) is 1. The number of anilines is 2. The molecule has 0 fully saturated rings. The molecule has 0 bridgehead atoms. The highest BCUT2D eigenvalue weighted by Crippen LogP contribution is 2.28. The molecule has 0 radical (unpaired) electrons. The summed E-state index contributed by atoms with van der Waals surface area (Å²) in [4.78, 5) is 4.44. The fourth-order valence-electron chi connectivity index (χ4n) is 1.87. The number of benzene rings is 2. The minimum Gasteiger partial charge on any atom is -0.399 e. The summed E-state index contributed by atoms with van der Waals surface area (Å²) in [5.74, 6) is -0.231. The van der Waals surface area contributed by atoms with Crippen molar-refractivity contribution < 1.29 is 4.39 Å². The first-order chi connectivity index (χ1) is 9.61. The van der Waals surface area contributed by atoms with Gasteiger partial charge >= 0.3 is 0 Å². The highest BCUT2D eigenvalue weighted by Gasteiger charge is 2.06. The second kappa shape index (κ2) is 5.38. The number of fused-ring (bicyclic) bond motifs is 1. The highest BCUT2D eigenvalue weighted by atomic mass is 79.9. The average molecular weight is 352 g/mol. The number of aromatic nitrogens is 1. The van der Waals surface area contributed by atoms with E-state index in [1.54, 1.807) is 12.1 Å². The molecule has 0 aliphatic rings. The maximum absolute atomic E-state index is 13.6. The van der Waals surface area contributed by atoms with Gasteiger partial charge in [-0.1, -0.05) is 27.3 Å². The molecule has 20 heavy (non-hydrogen) atoms. The quantitative estimate of drug-likeness (QED) is 0.688. The van der Waals surface area contributed by atoms with Crippen LogP contribution in [0, 0.1) is 5.82 Å². The summed E-state index contributed by atoms with van der Waals surface area (Å²) in [5, 5.41) is 3.90. The van der Waals surface area contributed by atoms with Crippen LogP contribution >= 0.6 is 27.3 Å². The summed E-state index contributed by atoms with van der Waals surface area (Å²) < 4.78 is 15.5. The second-order valence-corrected chi connectivity index (χ2v) is 6.28. The summed E-state index contributed by atoms with van der Waals surface area (Å²) in [6.45, 7) is 0.389. The molecule has 1 heterocycles. The van der Waals surface area contributed by atoms with Gasteiger partial charge in [0.25, 0.3) is 0 Å². The van der Waals surface area contributed by atoms with Crippen LogP contribution in [0.1, 0.15) is 5.56 Å². The van der Waals surface area contributed by atoms with Crippen molar-refractivity contribution in [3.63, 3.8) is 0 Å². The van der Waals surface area contributed by atoms with Gasteiger partial charge in [0.2, 0.25) is 0 Å². The van der Waals surface area contributed by atoms with E-state index in [1.807, 2.05) is 18.2 Å². The fraction of sp³-hybridized carbons (Fsp3) is 0.0714. The van der Waals surface area contributed by atoms with Crippen molar-refractivity contribution in [1.82, 2.24) is 4.98 Å². The topological polar surface area (TPSA) is 50.9 Å². The third-order valence-electron chi connectivity index (χ3n) is 2.85. The van der Waals surface area contributed by atoms with E-state index >= 15 is 0 Å². The van der Waals surface area contributed by atoms with Gasteiger partial charge in [-0.2, -0.15) is 0 Å². The molecule has 3 aromatic rings. The molecular weight excluding hydrogens is 341 g/mol. The first-order valence-electron chi connectivity index (χ1n) is 5.96. The smallest absolute Gasteiger partial charge is 0.184 e. The molecule has 6 heteroatoms. The Labute approximate surface area is 127 Å². The Hall–Kier alpha value is -1.66. The van der Waals surface area contributed by atoms with Crippen molar-refractivity contribution in [2.45, 2.75) is 6.54 Å². The van der Waals surface area contributed by atoms with E-state index in [2.05, 4.69) is 26.2 Å². The van der Waals surface area contributed by atoms with Crippen LogP contribution in [0.5, 0.6) is 0 Å². The molecular formula is C14H11BrFN3S. The van der Waals surface area contributed by atoms with Crippen LogP contribution in [0.3, 0.4) is 0 Å². The van der Waals surface area contributed by atoms with Crippen molar-refractivity contribution in [2.75, 3.05) is 11.1 Å². The van der Waals surface area contributed by atoms with E-state index in [-0.39, 0.29) is 5.82 Å². The number of nitrogen functional groups attached to an aromatic ring is 1. The van der Waals surface area contributed by atoms with E-state index < -0.39 is 0 Å². The number of nitrogens with zero attached hydrogens (tertiary/aromatic N) is 1. The fourth-order valence-corrected chi connectivity index (χ4v) is 3.18. The molecule has 102 valence electrons.